The Labute approximate surface area is 177 Å². The number of amides is 1. The summed E-state index contributed by atoms with van der Waals surface area (Å²) in [5, 5.41) is 2.38. The quantitative estimate of drug-likeness (QED) is 0.573. The maximum atomic E-state index is 13.2. The number of sulfone groups is 1. The minimum absolute atomic E-state index is 0.117. The SMILES string of the molecule is CS(=O)(=O)c1cccc2sc(N(CCN3CCOCC3)C(=O)c3cccs3)nc12. The number of fused-ring (bicyclic) bond motifs is 1. The summed E-state index contributed by atoms with van der Waals surface area (Å²) in [6.07, 6.45) is 1.17. The number of rotatable bonds is 6. The molecule has 2 aromatic heterocycles. The van der Waals surface area contributed by atoms with E-state index in [2.05, 4.69) is 9.88 Å². The Hall–Kier alpha value is -1.85. The van der Waals surface area contributed by atoms with Gasteiger partial charge in [-0.1, -0.05) is 23.5 Å². The van der Waals surface area contributed by atoms with Gasteiger partial charge in [0.1, 0.15) is 5.52 Å². The number of hydrogen-bond acceptors (Lipinski definition) is 8. The molecule has 0 unspecified atom stereocenters. The Morgan fingerprint density at radius 2 is 2.03 bits per heavy atom. The summed E-state index contributed by atoms with van der Waals surface area (Å²) in [5.41, 5.74) is 0.422. The molecule has 1 amide bonds. The topological polar surface area (TPSA) is 79.8 Å². The second-order valence-electron chi connectivity index (χ2n) is 6.76. The van der Waals surface area contributed by atoms with Gasteiger partial charge in [-0.2, -0.15) is 0 Å². The predicted molar refractivity (Wildman–Crippen MR) is 116 cm³/mol. The van der Waals surface area contributed by atoms with Crippen molar-refractivity contribution < 1.29 is 17.9 Å². The van der Waals surface area contributed by atoms with Gasteiger partial charge in [0, 0.05) is 32.4 Å². The van der Waals surface area contributed by atoms with Crippen LogP contribution in [0.15, 0.2) is 40.6 Å². The van der Waals surface area contributed by atoms with Gasteiger partial charge in [-0.25, -0.2) is 13.4 Å². The van der Waals surface area contributed by atoms with Gasteiger partial charge in [-0.3, -0.25) is 14.6 Å². The van der Waals surface area contributed by atoms with Crippen LogP contribution in [-0.4, -0.2) is 69.9 Å². The van der Waals surface area contributed by atoms with Gasteiger partial charge in [0.05, 0.1) is 27.7 Å². The molecule has 1 aliphatic rings. The number of thiophene rings is 1. The molecule has 0 bridgehead atoms. The van der Waals surface area contributed by atoms with Crippen LogP contribution >= 0.6 is 22.7 Å². The predicted octanol–water partition coefficient (Wildman–Crippen LogP) is 2.74. The molecule has 7 nitrogen and oxygen atoms in total. The van der Waals surface area contributed by atoms with Crippen molar-refractivity contribution in [2.45, 2.75) is 4.90 Å². The number of carbonyl (C=O) groups excluding carboxylic acids is 1. The Kier molecular flexibility index (Phi) is 5.98. The maximum absolute atomic E-state index is 13.2. The molecular weight excluding hydrogens is 430 g/mol. The number of aromatic nitrogens is 1. The highest BCUT2D eigenvalue weighted by Crippen LogP contribution is 2.33. The van der Waals surface area contributed by atoms with Gasteiger partial charge in [-0.05, 0) is 23.6 Å². The number of morpholine rings is 1. The van der Waals surface area contributed by atoms with Crippen LogP contribution in [0.25, 0.3) is 10.2 Å². The van der Waals surface area contributed by atoms with Gasteiger partial charge in [0.2, 0.25) is 0 Å². The lowest BCUT2D eigenvalue weighted by atomic mass is 10.3. The molecule has 1 saturated heterocycles. The molecule has 1 fully saturated rings. The average molecular weight is 452 g/mol. The zero-order valence-corrected chi connectivity index (χ0v) is 18.4. The molecule has 0 N–H and O–H groups in total. The summed E-state index contributed by atoms with van der Waals surface area (Å²) in [5.74, 6) is -0.117. The van der Waals surface area contributed by atoms with E-state index in [4.69, 9.17) is 4.74 Å². The van der Waals surface area contributed by atoms with Gasteiger partial charge in [0.15, 0.2) is 15.0 Å². The summed E-state index contributed by atoms with van der Waals surface area (Å²) in [6.45, 7) is 4.23. The molecule has 29 heavy (non-hydrogen) atoms. The lowest BCUT2D eigenvalue weighted by molar-refractivity contribution is 0.0391. The third kappa shape index (κ3) is 4.51. The molecule has 1 aliphatic heterocycles. The third-order valence-electron chi connectivity index (χ3n) is 4.72. The van der Waals surface area contributed by atoms with Crippen molar-refractivity contribution in [3.8, 4) is 0 Å². The molecule has 4 rings (SSSR count). The first-order chi connectivity index (χ1) is 13.9. The van der Waals surface area contributed by atoms with Crippen LogP contribution in [-0.2, 0) is 14.6 Å². The second kappa shape index (κ2) is 8.49. The summed E-state index contributed by atoms with van der Waals surface area (Å²) in [7, 11) is -3.41. The van der Waals surface area contributed by atoms with Crippen LogP contribution in [0.5, 0.6) is 0 Å². The number of anilines is 1. The van der Waals surface area contributed by atoms with Gasteiger partial charge < -0.3 is 4.74 Å². The number of carbonyl (C=O) groups is 1. The third-order valence-corrected chi connectivity index (χ3v) is 7.75. The number of ether oxygens (including phenoxy) is 1. The van der Waals surface area contributed by atoms with Gasteiger partial charge in [-0.15, -0.1) is 11.3 Å². The number of nitrogens with zero attached hydrogens (tertiary/aromatic N) is 3. The standard InChI is InChI=1S/C19H21N3O4S3/c1-29(24,25)16-6-2-4-14-17(16)20-19(28-14)22(18(23)15-5-3-13-27-15)8-7-21-9-11-26-12-10-21/h2-6,13H,7-12H2,1H3. The van der Waals surface area contributed by atoms with E-state index < -0.39 is 9.84 Å². The van der Waals surface area contributed by atoms with Crippen LogP contribution in [0.3, 0.4) is 0 Å². The van der Waals surface area contributed by atoms with Crippen molar-refractivity contribution >= 4 is 53.8 Å². The Morgan fingerprint density at radius 3 is 2.72 bits per heavy atom. The molecule has 10 heteroatoms. The maximum Gasteiger partial charge on any atom is 0.270 e. The second-order valence-corrected chi connectivity index (χ2v) is 10.7. The van der Waals surface area contributed by atoms with E-state index in [1.165, 1.54) is 28.9 Å². The average Bonchev–Trinajstić information content (AvgIpc) is 3.37. The Bertz CT molecular complexity index is 1100. The number of para-hydroxylation sites is 1. The molecule has 1 aromatic carbocycles. The lowest BCUT2D eigenvalue weighted by Crippen LogP contribution is -2.43. The largest absolute Gasteiger partial charge is 0.379 e. The number of benzene rings is 1. The fraction of sp³-hybridized carbons (Fsp3) is 0.368. The van der Waals surface area contributed by atoms with Crippen molar-refractivity contribution in [1.29, 1.82) is 0 Å². The highest BCUT2D eigenvalue weighted by atomic mass is 32.2. The van der Waals surface area contributed by atoms with E-state index in [0.29, 0.717) is 41.8 Å². The first kappa shape index (κ1) is 20.4. The van der Waals surface area contributed by atoms with E-state index in [9.17, 15) is 13.2 Å². The monoisotopic (exact) mass is 451 g/mol. The van der Waals surface area contributed by atoms with Crippen LogP contribution in [0.2, 0.25) is 0 Å². The fourth-order valence-electron chi connectivity index (χ4n) is 3.21. The molecule has 3 heterocycles. The van der Waals surface area contributed by atoms with Gasteiger partial charge >= 0.3 is 0 Å². The van der Waals surface area contributed by atoms with Crippen molar-refractivity contribution in [3.63, 3.8) is 0 Å². The smallest absolute Gasteiger partial charge is 0.270 e. The highest BCUT2D eigenvalue weighted by molar-refractivity contribution is 7.91. The Balaban J connectivity index is 1.69. The molecule has 0 spiro atoms. The van der Waals surface area contributed by atoms with E-state index in [1.54, 1.807) is 23.1 Å². The summed E-state index contributed by atoms with van der Waals surface area (Å²) in [4.78, 5) is 22.5. The highest BCUT2D eigenvalue weighted by Gasteiger charge is 2.25. The van der Waals surface area contributed by atoms with Crippen molar-refractivity contribution in [3.05, 3.63) is 40.6 Å². The van der Waals surface area contributed by atoms with E-state index in [1.807, 2.05) is 17.5 Å². The fourth-order valence-corrected chi connectivity index (χ4v) is 5.80. The molecule has 3 aromatic rings. The zero-order chi connectivity index (χ0) is 20.4. The first-order valence-corrected chi connectivity index (χ1v) is 12.8. The normalized spacial score (nSPS) is 15.6. The van der Waals surface area contributed by atoms with Crippen LogP contribution in [0.1, 0.15) is 9.67 Å². The minimum atomic E-state index is -3.41. The van der Waals surface area contributed by atoms with E-state index in [0.717, 1.165) is 17.8 Å². The minimum Gasteiger partial charge on any atom is -0.379 e. The van der Waals surface area contributed by atoms with Crippen molar-refractivity contribution in [1.82, 2.24) is 9.88 Å². The molecule has 154 valence electrons. The van der Waals surface area contributed by atoms with Crippen LogP contribution in [0.4, 0.5) is 5.13 Å². The van der Waals surface area contributed by atoms with Gasteiger partial charge in [0.25, 0.3) is 5.91 Å². The molecule has 0 saturated carbocycles. The first-order valence-electron chi connectivity index (χ1n) is 9.18. The van der Waals surface area contributed by atoms with Crippen LogP contribution < -0.4 is 4.90 Å². The molecule has 0 radical (unpaired) electrons. The number of thiazole rings is 1. The lowest BCUT2D eigenvalue weighted by Gasteiger charge is -2.29. The van der Waals surface area contributed by atoms with E-state index >= 15 is 0 Å². The van der Waals surface area contributed by atoms with Crippen LogP contribution in [0, 0.1) is 0 Å². The van der Waals surface area contributed by atoms with Crippen molar-refractivity contribution in [2.24, 2.45) is 0 Å². The van der Waals surface area contributed by atoms with E-state index in [-0.39, 0.29) is 10.8 Å². The molecule has 0 atom stereocenters. The summed E-state index contributed by atoms with van der Waals surface area (Å²) in [6, 6.07) is 8.74. The van der Waals surface area contributed by atoms with Crippen molar-refractivity contribution in [2.75, 3.05) is 50.5 Å². The molecular formula is C19H21N3O4S3. The zero-order valence-electron chi connectivity index (χ0n) is 15.9. The Morgan fingerprint density at radius 1 is 1.24 bits per heavy atom. The number of hydrogen-bond donors (Lipinski definition) is 0. The molecule has 0 aliphatic carbocycles. The summed E-state index contributed by atoms with van der Waals surface area (Å²) >= 11 is 2.72. The summed E-state index contributed by atoms with van der Waals surface area (Å²) < 4.78 is 30.4.